The minimum atomic E-state index is 0.743. The molecule has 0 fully saturated rings. The van der Waals surface area contributed by atoms with Gasteiger partial charge in [0.15, 0.2) is 0 Å². The summed E-state index contributed by atoms with van der Waals surface area (Å²) in [5.74, 6) is 2.58. The number of ether oxygens (including phenoxy) is 2. The first-order chi connectivity index (χ1) is 9.67. The molecule has 0 spiro atoms. The minimum Gasteiger partial charge on any atom is -0.493 e. The van der Waals surface area contributed by atoms with E-state index in [0.29, 0.717) is 0 Å². The molecule has 0 bridgehead atoms. The van der Waals surface area contributed by atoms with Gasteiger partial charge in [0.2, 0.25) is 0 Å². The van der Waals surface area contributed by atoms with Crippen molar-refractivity contribution < 1.29 is 9.47 Å². The van der Waals surface area contributed by atoms with Gasteiger partial charge in [-0.2, -0.15) is 0 Å². The zero-order valence-corrected chi connectivity index (χ0v) is 12.2. The fraction of sp³-hybridized carbons (Fsp3) is 0.353. The molecule has 104 valence electrons. The molecule has 0 saturated carbocycles. The molecule has 20 heavy (non-hydrogen) atoms. The molecule has 3 heteroatoms. The molecule has 0 atom stereocenters. The first-order valence-electron chi connectivity index (χ1n) is 7.11. The third-order valence-corrected chi connectivity index (χ3v) is 3.40. The van der Waals surface area contributed by atoms with E-state index in [1.54, 1.807) is 0 Å². The quantitative estimate of drug-likeness (QED) is 0.767. The third kappa shape index (κ3) is 2.36. The highest BCUT2D eigenvalue weighted by molar-refractivity contribution is 5.97. The summed E-state index contributed by atoms with van der Waals surface area (Å²) in [6.07, 6.45) is 4.18. The van der Waals surface area contributed by atoms with E-state index in [1.165, 1.54) is 0 Å². The van der Waals surface area contributed by atoms with Gasteiger partial charge in [-0.25, -0.2) is 0 Å². The third-order valence-electron chi connectivity index (χ3n) is 3.40. The van der Waals surface area contributed by atoms with Crippen molar-refractivity contribution >= 4 is 16.8 Å². The van der Waals surface area contributed by atoms with Crippen LogP contribution in [0.5, 0.6) is 11.5 Å². The molecule has 0 aliphatic carbocycles. The maximum absolute atomic E-state index is 5.83. The molecule has 2 aromatic rings. The second kappa shape index (κ2) is 5.16. The number of rotatable bonds is 4. The van der Waals surface area contributed by atoms with Crippen LogP contribution in [0.1, 0.15) is 38.1 Å². The number of hydrogen-bond donors (Lipinski definition) is 0. The summed E-state index contributed by atoms with van der Waals surface area (Å²) in [5, 5.41) is 2.20. The van der Waals surface area contributed by atoms with Crippen molar-refractivity contribution in [1.82, 2.24) is 4.98 Å². The predicted molar refractivity (Wildman–Crippen MR) is 81.2 cm³/mol. The molecule has 0 saturated heterocycles. The molecule has 3 nitrogen and oxygen atoms in total. The van der Waals surface area contributed by atoms with E-state index in [2.05, 4.69) is 24.0 Å². The minimum absolute atomic E-state index is 0.743. The van der Waals surface area contributed by atoms with E-state index < -0.39 is 0 Å². The van der Waals surface area contributed by atoms with Crippen molar-refractivity contribution in [2.45, 2.75) is 33.6 Å². The monoisotopic (exact) mass is 269 g/mol. The maximum atomic E-state index is 5.83. The van der Waals surface area contributed by atoms with Gasteiger partial charge in [-0.15, -0.1) is 0 Å². The Bertz CT molecular complexity index is 689. The molecule has 0 amide bonds. The highest BCUT2D eigenvalue weighted by Gasteiger charge is 2.16. The van der Waals surface area contributed by atoms with Crippen molar-refractivity contribution in [3.8, 4) is 11.5 Å². The summed E-state index contributed by atoms with van der Waals surface area (Å²) in [6, 6.07) is 6.12. The Hall–Kier alpha value is -2.03. The van der Waals surface area contributed by atoms with E-state index in [0.717, 1.165) is 58.9 Å². The fourth-order valence-electron chi connectivity index (χ4n) is 2.50. The zero-order valence-electron chi connectivity index (χ0n) is 12.2. The Kier molecular flexibility index (Phi) is 3.35. The summed E-state index contributed by atoms with van der Waals surface area (Å²) in [6.45, 7) is 6.86. The molecule has 3 rings (SSSR count). The lowest BCUT2D eigenvalue weighted by Crippen LogP contribution is -2.03. The molecular formula is C17H19NO2. The number of hydrogen-bond acceptors (Lipinski definition) is 3. The van der Waals surface area contributed by atoms with Crippen LogP contribution in [-0.4, -0.2) is 11.6 Å². The average molecular weight is 269 g/mol. The van der Waals surface area contributed by atoms with Crippen LogP contribution in [0.4, 0.5) is 0 Å². The van der Waals surface area contributed by atoms with Gasteiger partial charge in [0.1, 0.15) is 17.3 Å². The average Bonchev–Trinajstić information content (AvgIpc) is 2.37. The largest absolute Gasteiger partial charge is 0.493 e. The van der Waals surface area contributed by atoms with Crippen LogP contribution in [0.25, 0.3) is 16.8 Å². The van der Waals surface area contributed by atoms with Crippen LogP contribution >= 0.6 is 0 Å². The van der Waals surface area contributed by atoms with Crippen molar-refractivity contribution in [2.75, 3.05) is 6.61 Å². The molecule has 1 aliphatic rings. The van der Waals surface area contributed by atoms with Crippen LogP contribution in [0.15, 0.2) is 24.0 Å². The predicted octanol–water partition coefficient (Wildman–Crippen LogP) is 4.48. The number of nitrogens with zero attached hydrogens (tertiary/aromatic N) is 1. The van der Waals surface area contributed by atoms with Gasteiger partial charge in [-0.1, -0.05) is 13.3 Å². The summed E-state index contributed by atoms with van der Waals surface area (Å²) < 4.78 is 11.6. The highest BCUT2D eigenvalue weighted by atomic mass is 16.5. The molecule has 0 unspecified atom stereocenters. The maximum Gasteiger partial charge on any atom is 0.140 e. The molecule has 0 N–H and O–H groups in total. The van der Waals surface area contributed by atoms with Crippen molar-refractivity contribution in [3.05, 3.63) is 35.3 Å². The lowest BCUT2D eigenvalue weighted by atomic mass is 10.0. The van der Waals surface area contributed by atoms with Gasteiger partial charge < -0.3 is 9.47 Å². The molecular weight excluding hydrogens is 250 g/mol. The fourth-order valence-corrected chi connectivity index (χ4v) is 2.50. The molecule has 1 aromatic carbocycles. The van der Waals surface area contributed by atoms with Gasteiger partial charge >= 0.3 is 0 Å². The van der Waals surface area contributed by atoms with Crippen LogP contribution in [0.2, 0.25) is 0 Å². The normalized spacial score (nSPS) is 13.1. The first-order valence-corrected chi connectivity index (χ1v) is 7.11. The lowest BCUT2D eigenvalue weighted by Gasteiger charge is -2.18. The number of aryl methyl sites for hydroxylation is 1. The van der Waals surface area contributed by atoms with E-state index in [-0.39, 0.29) is 0 Å². The van der Waals surface area contributed by atoms with Gasteiger partial charge in [-0.05, 0) is 37.8 Å². The highest BCUT2D eigenvalue weighted by Crippen LogP contribution is 2.38. The zero-order chi connectivity index (χ0) is 14.1. The van der Waals surface area contributed by atoms with E-state index in [1.807, 2.05) is 26.0 Å². The number of pyridine rings is 1. The lowest BCUT2D eigenvalue weighted by molar-refractivity contribution is 0.308. The number of aromatic nitrogens is 1. The van der Waals surface area contributed by atoms with Gasteiger partial charge in [0, 0.05) is 17.8 Å². The van der Waals surface area contributed by atoms with Gasteiger partial charge in [0.25, 0.3) is 0 Å². The van der Waals surface area contributed by atoms with Crippen molar-refractivity contribution in [1.29, 1.82) is 0 Å². The molecule has 0 radical (unpaired) electrons. The topological polar surface area (TPSA) is 31.4 Å². The Labute approximate surface area is 119 Å². The van der Waals surface area contributed by atoms with Crippen LogP contribution < -0.4 is 9.47 Å². The second-order valence-electron chi connectivity index (χ2n) is 5.23. The first kappa shape index (κ1) is 13.0. The van der Waals surface area contributed by atoms with Crippen LogP contribution in [0.3, 0.4) is 0 Å². The summed E-state index contributed by atoms with van der Waals surface area (Å²) in [4.78, 5) is 4.59. The number of benzene rings is 1. The second-order valence-corrected chi connectivity index (χ2v) is 5.23. The molecule has 2 heterocycles. The standard InChI is InChI=1S/C17H19NO2/c1-4-5-6-19-14-9-13-7-11(2)18-15-8-12(3)20-16(10-14)17(13)15/h7-10H,4-6H2,1-3H3. The summed E-state index contributed by atoms with van der Waals surface area (Å²) in [5.41, 5.74) is 1.99. The van der Waals surface area contributed by atoms with E-state index in [9.17, 15) is 0 Å². The van der Waals surface area contributed by atoms with Crippen molar-refractivity contribution in [3.63, 3.8) is 0 Å². The van der Waals surface area contributed by atoms with Gasteiger partial charge in [-0.3, -0.25) is 4.98 Å². The van der Waals surface area contributed by atoms with E-state index in [4.69, 9.17) is 9.47 Å². The Balaban J connectivity index is 2.09. The SMILES string of the molecule is CCCCOc1cc2c3c(nc(C)cc3c1)C=C(C)O2. The van der Waals surface area contributed by atoms with E-state index >= 15 is 0 Å². The Morgan fingerprint density at radius 2 is 2.05 bits per heavy atom. The van der Waals surface area contributed by atoms with Crippen LogP contribution in [0, 0.1) is 6.92 Å². The number of allylic oxidation sites excluding steroid dienone is 1. The summed E-state index contributed by atoms with van der Waals surface area (Å²) in [7, 11) is 0. The van der Waals surface area contributed by atoms with Crippen molar-refractivity contribution in [2.24, 2.45) is 0 Å². The van der Waals surface area contributed by atoms with Crippen LogP contribution in [-0.2, 0) is 0 Å². The molecule has 1 aliphatic heterocycles. The van der Waals surface area contributed by atoms with Gasteiger partial charge in [0.05, 0.1) is 17.7 Å². The number of unbranched alkanes of at least 4 members (excludes halogenated alkanes) is 1. The Morgan fingerprint density at radius 3 is 2.85 bits per heavy atom. The summed E-state index contributed by atoms with van der Waals surface area (Å²) >= 11 is 0. The Morgan fingerprint density at radius 1 is 1.20 bits per heavy atom. The molecule has 1 aromatic heterocycles. The smallest absolute Gasteiger partial charge is 0.140 e.